The summed E-state index contributed by atoms with van der Waals surface area (Å²) >= 11 is 0. The molecule has 2 aromatic rings. The molecular formula is C19H20FN5O5. The summed E-state index contributed by atoms with van der Waals surface area (Å²) in [4.78, 5) is 16.1. The SMILES string of the molecule is N#C[C@@]1(c2cc(F)c3c(N)ncnn23)O[C@@H]2C(OC(=O)C3CCCCC3)[C@]2(O)[C@H]1O. The zero-order valence-electron chi connectivity index (χ0n) is 15.9. The number of ether oxygens (including phenoxy) is 2. The molecule has 0 spiro atoms. The van der Waals surface area contributed by atoms with Crippen LogP contribution >= 0.6 is 0 Å². The van der Waals surface area contributed by atoms with E-state index in [2.05, 4.69) is 10.1 Å². The number of halogens is 1. The number of nitrogens with zero attached hydrogens (tertiary/aromatic N) is 4. The molecule has 3 fully saturated rings. The zero-order chi connectivity index (χ0) is 21.3. The van der Waals surface area contributed by atoms with E-state index >= 15 is 0 Å². The predicted octanol–water partition coefficient (Wildman–Crippen LogP) is 0.166. The first-order chi connectivity index (χ1) is 14.3. The third-order valence-corrected chi connectivity index (χ3v) is 6.48. The molecule has 2 aliphatic carbocycles. The lowest BCUT2D eigenvalue weighted by Crippen LogP contribution is -2.48. The fraction of sp³-hybridized carbons (Fsp3) is 0.579. The van der Waals surface area contributed by atoms with Crippen LogP contribution in [-0.4, -0.2) is 54.7 Å². The molecule has 5 rings (SSSR count). The molecular weight excluding hydrogens is 397 g/mol. The normalized spacial score (nSPS) is 35.7. The predicted molar refractivity (Wildman–Crippen MR) is 96.9 cm³/mol. The molecule has 3 heterocycles. The molecule has 2 aromatic heterocycles. The van der Waals surface area contributed by atoms with Crippen LogP contribution in [0, 0.1) is 23.1 Å². The first-order valence-corrected chi connectivity index (χ1v) is 9.82. The number of hydrogen-bond donors (Lipinski definition) is 3. The third-order valence-electron chi connectivity index (χ3n) is 6.48. The highest BCUT2D eigenvalue weighted by Crippen LogP contribution is 2.59. The lowest BCUT2D eigenvalue weighted by molar-refractivity contribution is -0.164. The van der Waals surface area contributed by atoms with Crippen molar-refractivity contribution in [3.8, 4) is 6.07 Å². The Morgan fingerprint density at radius 1 is 1.43 bits per heavy atom. The third kappa shape index (κ3) is 2.35. The van der Waals surface area contributed by atoms with Crippen LogP contribution in [-0.2, 0) is 19.9 Å². The van der Waals surface area contributed by atoms with Gasteiger partial charge < -0.3 is 25.4 Å². The van der Waals surface area contributed by atoms with Gasteiger partial charge in [-0.2, -0.15) is 10.4 Å². The Morgan fingerprint density at radius 3 is 2.80 bits per heavy atom. The fourth-order valence-electron chi connectivity index (χ4n) is 4.74. The molecule has 1 saturated heterocycles. The van der Waals surface area contributed by atoms with E-state index in [9.17, 15) is 24.7 Å². The van der Waals surface area contributed by atoms with E-state index in [1.54, 1.807) is 0 Å². The van der Waals surface area contributed by atoms with E-state index in [4.69, 9.17) is 15.2 Å². The van der Waals surface area contributed by atoms with E-state index in [0.717, 1.165) is 49.0 Å². The second kappa shape index (κ2) is 6.34. The van der Waals surface area contributed by atoms with E-state index in [-0.39, 0.29) is 22.9 Å². The minimum absolute atomic E-state index is 0.142. The van der Waals surface area contributed by atoms with Crippen molar-refractivity contribution in [3.05, 3.63) is 23.9 Å². The minimum Gasteiger partial charge on any atom is -0.456 e. The first kappa shape index (κ1) is 19.2. The van der Waals surface area contributed by atoms with Gasteiger partial charge >= 0.3 is 5.97 Å². The molecule has 0 bridgehead atoms. The molecule has 30 heavy (non-hydrogen) atoms. The molecule has 0 radical (unpaired) electrons. The smallest absolute Gasteiger partial charge is 0.309 e. The van der Waals surface area contributed by atoms with Gasteiger partial charge in [-0.25, -0.2) is 13.9 Å². The number of carbonyl (C=O) groups excluding carboxylic acids is 1. The van der Waals surface area contributed by atoms with Crippen LogP contribution in [0.4, 0.5) is 10.2 Å². The highest BCUT2D eigenvalue weighted by molar-refractivity contribution is 5.73. The second-order valence-corrected chi connectivity index (χ2v) is 8.15. The summed E-state index contributed by atoms with van der Waals surface area (Å²) in [6.07, 6.45) is 1.43. The van der Waals surface area contributed by atoms with Crippen LogP contribution < -0.4 is 5.73 Å². The highest BCUT2D eigenvalue weighted by Gasteiger charge is 2.84. The number of fused-ring (bicyclic) bond motifs is 2. The van der Waals surface area contributed by atoms with Gasteiger partial charge in [-0.3, -0.25) is 4.79 Å². The lowest BCUT2D eigenvalue weighted by Gasteiger charge is -2.29. The van der Waals surface area contributed by atoms with E-state index in [1.807, 2.05) is 6.07 Å². The molecule has 1 unspecified atom stereocenters. The van der Waals surface area contributed by atoms with Crippen molar-refractivity contribution >= 4 is 17.3 Å². The van der Waals surface area contributed by atoms with Crippen molar-refractivity contribution < 1.29 is 28.9 Å². The lowest BCUT2D eigenvalue weighted by atomic mass is 9.89. The van der Waals surface area contributed by atoms with Crippen molar-refractivity contribution in [1.29, 1.82) is 5.26 Å². The Kier molecular flexibility index (Phi) is 4.05. The van der Waals surface area contributed by atoms with Gasteiger partial charge in [0.2, 0.25) is 5.60 Å². The summed E-state index contributed by atoms with van der Waals surface area (Å²) in [6.45, 7) is 0. The van der Waals surface area contributed by atoms with Crippen LogP contribution in [0.1, 0.15) is 37.8 Å². The number of aromatic nitrogens is 3. The molecule has 3 aliphatic rings. The summed E-state index contributed by atoms with van der Waals surface area (Å²) < 4.78 is 26.6. The largest absolute Gasteiger partial charge is 0.456 e. The van der Waals surface area contributed by atoms with Gasteiger partial charge in [0.15, 0.2) is 23.3 Å². The maximum atomic E-state index is 14.5. The van der Waals surface area contributed by atoms with Crippen molar-refractivity contribution in [2.75, 3.05) is 5.73 Å². The van der Waals surface area contributed by atoms with E-state index in [0.29, 0.717) is 0 Å². The van der Waals surface area contributed by atoms with Crippen molar-refractivity contribution in [1.82, 2.24) is 14.6 Å². The van der Waals surface area contributed by atoms with Crippen molar-refractivity contribution in [2.24, 2.45) is 5.92 Å². The molecule has 0 aromatic carbocycles. The molecule has 5 atom stereocenters. The monoisotopic (exact) mass is 417 g/mol. The summed E-state index contributed by atoms with van der Waals surface area (Å²) in [7, 11) is 0. The van der Waals surface area contributed by atoms with Crippen molar-refractivity contribution in [2.45, 2.75) is 61.6 Å². The Bertz CT molecular complexity index is 1080. The number of aliphatic hydroxyl groups is 2. The minimum atomic E-state index is -2.12. The summed E-state index contributed by atoms with van der Waals surface area (Å²) in [5.74, 6) is -1.65. The number of nitriles is 1. The Labute approximate surface area is 170 Å². The number of nitrogen functional groups attached to an aromatic ring is 1. The van der Waals surface area contributed by atoms with Gasteiger partial charge in [-0.05, 0) is 12.8 Å². The van der Waals surface area contributed by atoms with Crippen LogP contribution in [0.3, 0.4) is 0 Å². The number of hydrogen-bond acceptors (Lipinski definition) is 9. The zero-order valence-corrected chi connectivity index (χ0v) is 15.9. The molecule has 11 heteroatoms. The Hall–Kier alpha value is -2.81. The van der Waals surface area contributed by atoms with Crippen LogP contribution in [0.5, 0.6) is 0 Å². The van der Waals surface area contributed by atoms with Crippen LogP contribution in [0.25, 0.3) is 5.52 Å². The number of nitrogens with two attached hydrogens (primary N) is 1. The van der Waals surface area contributed by atoms with Gasteiger partial charge in [-0.1, -0.05) is 19.3 Å². The molecule has 4 N–H and O–H groups in total. The number of anilines is 1. The maximum absolute atomic E-state index is 14.5. The first-order valence-electron chi connectivity index (χ1n) is 9.82. The van der Waals surface area contributed by atoms with Gasteiger partial charge in [0.25, 0.3) is 0 Å². The summed E-state index contributed by atoms with van der Waals surface area (Å²) in [5, 5.41) is 35.6. The van der Waals surface area contributed by atoms with Crippen LogP contribution in [0.15, 0.2) is 12.4 Å². The van der Waals surface area contributed by atoms with Crippen molar-refractivity contribution in [3.63, 3.8) is 0 Å². The second-order valence-electron chi connectivity index (χ2n) is 8.15. The summed E-state index contributed by atoms with van der Waals surface area (Å²) in [6, 6.07) is 2.79. The summed E-state index contributed by atoms with van der Waals surface area (Å²) in [5.41, 5.74) is 1.28. The maximum Gasteiger partial charge on any atom is 0.309 e. The highest BCUT2D eigenvalue weighted by atomic mass is 19.1. The quantitative estimate of drug-likeness (QED) is 0.592. The molecule has 10 nitrogen and oxygen atoms in total. The molecule has 158 valence electrons. The Morgan fingerprint density at radius 2 is 2.17 bits per heavy atom. The van der Waals surface area contributed by atoms with E-state index in [1.165, 1.54) is 0 Å². The van der Waals surface area contributed by atoms with Gasteiger partial charge in [0, 0.05) is 6.07 Å². The number of esters is 1. The number of rotatable bonds is 3. The molecule has 0 amide bonds. The standard InChI is InChI=1S/C19H20FN5O5/c20-10-6-11(25-12(10)15(22)23-8-24-25)18(7-21)17(27)19(28)13(14(19)30-18)29-16(26)9-4-2-1-3-5-9/h6,8-9,13-14,17,27-28H,1-5H2,(H2,22,23,24)/t13?,14-,17+,18+,19-/m1/s1. The Balaban J connectivity index is 1.44. The molecule has 2 saturated carbocycles. The van der Waals surface area contributed by atoms with Gasteiger partial charge in [0.1, 0.15) is 30.1 Å². The van der Waals surface area contributed by atoms with E-state index < -0.39 is 41.3 Å². The average Bonchev–Trinajstić information content (AvgIpc) is 3.02. The number of aliphatic hydroxyl groups excluding tert-OH is 1. The van der Waals surface area contributed by atoms with Crippen LogP contribution in [0.2, 0.25) is 0 Å². The molecule has 1 aliphatic heterocycles. The topological polar surface area (TPSA) is 156 Å². The van der Waals surface area contributed by atoms with Gasteiger partial charge in [-0.15, -0.1) is 0 Å². The van der Waals surface area contributed by atoms with Gasteiger partial charge in [0.05, 0.1) is 11.6 Å². The fourth-order valence-corrected chi connectivity index (χ4v) is 4.74. The average molecular weight is 417 g/mol. The number of carbonyl (C=O) groups is 1.